The van der Waals surface area contributed by atoms with Gasteiger partial charge in [-0.25, -0.2) is 4.98 Å². The summed E-state index contributed by atoms with van der Waals surface area (Å²) in [4.78, 5) is 10.8. The molecule has 1 aromatic heterocycles. The van der Waals surface area contributed by atoms with Gasteiger partial charge in [0, 0.05) is 42.8 Å². The lowest BCUT2D eigenvalue weighted by Crippen LogP contribution is -2.55. The molecule has 2 rings (SSSR count). The normalized spacial score (nSPS) is 24.9. The molecule has 1 N–H and O–H groups in total. The van der Waals surface area contributed by atoms with Gasteiger partial charge in [0.05, 0.1) is 0 Å². The number of rotatable bonds is 5. The van der Waals surface area contributed by atoms with E-state index in [0.717, 1.165) is 26.2 Å². The van der Waals surface area contributed by atoms with Crippen LogP contribution in [0.4, 0.5) is 5.13 Å². The summed E-state index contributed by atoms with van der Waals surface area (Å²) < 4.78 is 0. The largest absolute Gasteiger partial charge is 0.345 e. The standard InChI is InChI=1S/C14H26N4S/c1-5-6-15-7-13-8-16-14(19-13)18-9-11(2)17(4)12(3)10-18/h8,11-12,15H,5-7,9-10H2,1-4H3. The number of thiazole rings is 1. The van der Waals surface area contributed by atoms with Crippen LogP contribution in [0.3, 0.4) is 0 Å². The van der Waals surface area contributed by atoms with Gasteiger partial charge in [0.2, 0.25) is 0 Å². The molecule has 2 atom stereocenters. The minimum atomic E-state index is 0.592. The van der Waals surface area contributed by atoms with Crippen molar-refractivity contribution in [3.63, 3.8) is 0 Å². The summed E-state index contributed by atoms with van der Waals surface area (Å²) in [5, 5.41) is 4.62. The molecule has 0 aliphatic carbocycles. The van der Waals surface area contributed by atoms with Crippen LogP contribution in [0.1, 0.15) is 32.1 Å². The highest BCUT2D eigenvalue weighted by Crippen LogP contribution is 2.26. The zero-order valence-electron chi connectivity index (χ0n) is 12.5. The second-order valence-corrected chi connectivity index (χ2v) is 6.65. The Labute approximate surface area is 120 Å². The van der Waals surface area contributed by atoms with E-state index in [0.29, 0.717) is 12.1 Å². The lowest BCUT2D eigenvalue weighted by molar-refractivity contribution is 0.170. The number of aromatic nitrogens is 1. The summed E-state index contributed by atoms with van der Waals surface area (Å²) in [6.07, 6.45) is 3.20. The quantitative estimate of drug-likeness (QED) is 0.839. The molecule has 0 amide bonds. The molecular weight excluding hydrogens is 256 g/mol. The van der Waals surface area contributed by atoms with E-state index in [4.69, 9.17) is 0 Å². The molecule has 1 aromatic rings. The number of nitrogens with one attached hydrogen (secondary N) is 1. The number of likely N-dealkylation sites (N-methyl/N-ethyl adjacent to an activating group) is 1. The van der Waals surface area contributed by atoms with E-state index in [1.54, 1.807) is 0 Å². The number of anilines is 1. The summed E-state index contributed by atoms with van der Waals surface area (Å²) in [6.45, 7) is 11.0. The van der Waals surface area contributed by atoms with Crippen LogP contribution >= 0.6 is 11.3 Å². The van der Waals surface area contributed by atoms with Crippen molar-refractivity contribution in [2.24, 2.45) is 0 Å². The van der Waals surface area contributed by atoms with Crippen molar-refractivity contribution in [3.05, 3.63) is 11.1 Å². The molecule has 1 fully saturated rings. The molecule has 2 unspecified atom stereocenters. The van der Waals surface area contributed by atoms with E-state index >= 15 is 0 Å². The Balaban J connectivity index is 1.94. The Morgan fingerprint density at radius 1 is 1.37 bits per heavy atom. The van der Waals surface area contributed by atoms with Gasteiger partial charge >= 0.3 is 0 Å². The van der Waals surface area contributed by atoms with Gasteiger partial charge in [-0.15, -0.1) is 11.3 Å². The average molecular weight is 282 g/mol. The molecule has 0 radical (unpaired) electrons. The lowest BCUT2D eigenvalue weighted by atomic mass is 10.1. The number of hydrogen-bond donors (Lipinski definition) is 1. The van der Waals surface area contributed by atoms with Crippen LogP contribution in [0.25, 0.3) is 0 Å². The molecule has 4 nitrogen and oxygen atoms in total. The maximum absolute atomic E-state index is 4.60. The minimum Gasteiger partial charge on any atom is -0.345 e. The molecule has 0 bridgehead atoms. The van der Waals surface area contributed by atoms with Crippen molar-refractivity contribution in [1.29, 1.82) is 0 Å². The van der Waals surface area contributed by atoms with Crippen molar-refractivity contribution in [2.45, 2.75) is 45.8 Å². The fraction of sp³-hybridized carbons (Fsp3) is 0.786. The summed E-state index contributed by atoms with van der Waals surface area (Å²) in [6, 6.07) is 1.18. The topological polar surface area (TPSA) is 31.4 Å². The molecule has 108 valence electrons. The third-order valence-electron chi connectivity index (χ3n) is 3.90. The van der Waals surface area contributed by atoms with Gasteiger partial charge in [0.25, 0.3) is 0 Å². The zero-order chi connectivity index (χ0) is 13.8. The highest BCUT2D eigenvalue weighted by atomic mass is 32.1. The second-order valence-electron chi connectivity index (χ2n) is 5.55. The maximum Gasteiger partial charge on any atom is 0.185 e. The first-order valence-corrected chi connectivity index (χ1v) is 8.05. The van der Waals surface area contributed by atoms with Crippen LogP contribution in [-0.4, -0.2) is 48.6 Å². The lowest BCUT2D eigenvalue weighted by Gasteiger charge is -2.42. The van der Waals surface area contributed by atoms with E-state index in [-0.39, 0.29) is 0 Å². The van der Waals surface area contributed by atoms with E-state index in [1.807, 2.05) is 17.5 Å². The Morgan fingerprint density at radius 3 is 2.68 bits per heavy atom. The second kappa shape index (κ2) is 6.68. The first-order chi connectivity index (χ1) is 9.11. The van der Waals surface area contributed by atoms with Crippen LogP contribution in [0.5, 0.6) is 0 Å². The van der Waals surface area contributed by atoms with Gasteiger partial charge in [0.15, 0.2) is 5.13 Å². The zero-order valence-corrected chi connectivity index (χ0v) is 13.3. The molecule has 0 saturated carbocycles. The van der Waals surface area contributed by atoms with Crippen molar-refractivity contribution >= 4 is 16.5 Å². The molecule has 5 heteroatoms. The highest BCUT2D eigenvalue weighted by Gasteiger charge is 2.27. The average Bonchev–Trinajstić information content (AvgIpc) is 2.84. The first kappa shape index (κ1) is 14.8. The molecule has 1 saturated heterocycles. The Hall–Kier alpha value is -0.650. The van der Waals surface area contributed by atoms with Crippen LogP contribution in [0.15, 0.2) is 6.20 Å². The Morgan fingerprint density at radius 2 is 2.05 bits per heavy atom. The van der Waals surface area contributed by atoms with E-state index < -0.39 is 0 Å². The van der Waals surface area contributed by atoms with Gasteiger partial charge in [-0.2, -0.15) is 0 Å². The fourth-order valence-electron chi connectivity index (χ4n) is 2.47. The SMILES string of the molecule is CCCNCc1cnc(N2CC(C)N(C)C(C)C2)s1. The van der Waals surface area contributed by atoms with Crippen molar-refractivity contribution in [1.82, 2.24) is 15.2 Å². The van der Waals surface area contributed by atoms with Gasteiger partial charge in [0.1, 0.15) is 0 Å². The molecule has 1 aliphatic rings. The smallest absolute Gasteiger partial charge is 0.185 e. The van der Waals surface area contributed by atoms with Gasteiger partial charge in [-0.05, 0) is 33.9 Å². The van der Waals surface area contributed by atoms with Crippen molar-refractivity contribution in [3.8, 4) is 0 Å². The van der Waals surface area contributed by atoms with Crippen molar-refractivity contribution in [2.75, 3.05) is 31.6 Å². The van der Waals surface area contributed by atoms with Crippen LogP contribution < -0.4 is 10.2 Å². The summed E-state index contributed by atoms with van der Waals surface area (Å²) in [5.74, 6) is 0. The summed E-state index contributed by atoms with van der Waals surface area (Å²) in [7, 11) is 2.22. The van der Waals surface area contributed by atoms with Crippen LogP contribution in [-0.2, 0) is 6.54 Å². The number of hydrogen-bond acceptors (Lipinski definition) is 5. The van der Waals surface area contributed by atoms with E-state index in [9.17, 15) is 0 Å². The number of nitrogens with zero attached hydrogens (tertiary/aromatic N) is 3. The van der Waals surface area contributed by atoms with Crippen molar-refractivity contribution < 1.29 is 0 Å². The molecule has 0 aromatic carbocycles. The monoisotopic (exact) mass is 282 g/mol. The Kier molecular flexibility index (Phi) is 5.19. The van der Waals surface area contributed by atoms with Gasteiger partial charge < -0.3 is 10.2 Å². The summed E-state index contributed by atoms with van der Waals surface area (Å²) in [5.41, 5.74) is 0. The molecule has 2 heterocycles. The van der Waals surface area contributed by atoms with Gasteiger partial charge in [-0.1, -0.05) is 6.92 Å². The molecule has 1 aliphatic heterocycles. The molecule has 19 heavy (non-hydrogen) atoms. The fourth-order valence-corrected chi connectivity index (χ4v) is 3.37. The van der Waals surface area contributed by atoms with E-state index in [2.05, 4.69) is 47.9 Å². The van der Waals surface area contributed by atoms with Crippen LogP contribution in [0.2, 0.25) is 0 Å². The molecule has 0 spiro atoms. The molecular formula is C14H26N4S. The predicted molar refractivity (Wildman–Crippen MR) is 83.0 cm³/mol. The number of piperazine rings is 1. The maximum atomic E-state index is 4.60. The first-order valence-electron chi connectivity index (χ1n) is 7.24. The van der Waals surface area contributed by atoms with Gasteiger partial charge in [-0.3, -0.25) is 4.90 Å². The highest BCUT2D eigenvalue weighted by molar-refractivity contribution is 7.15. The Bertz CT molecular complexity index is 381. The minimum absolute atomic E-state index is 0.592. The van der Waals surface area contributed by atoms with E-state index in [1.165, 1.54) is 16.4 Å². The summed E-state index contributed by atoms with van der Waals surface area (Å²) >= 11 is 1.83. The third kappa shape index (κ3) is 3.68. The third-order valence-corrected chi connectivity index (χ3v) is 4.96. The van der Waals surface area contributed by atoms with Crippen LogP contribution in [0, 0.1) is 0 Å². The predicted octanol–water partition coefficient (Wildman–Crippen LogP) is 2.17.